The van der Waals surface area contributed by atoms with Gasteiger partial charge in [0.15, 0.2) is 0 Å². The van der Waals surface area contributed by atoms with Gasteiger partial charge in [-0.2, -0.15) is 0 Å². The number of hydrogen-bond donors (Lipinski definition) is 2. The minimum absolute atomic E-state index is 0.213. The Morgan fingerprint density at radius 2 is 2.13 bits per heavy atom. The number of nitrogens with one attached hydrogen (secondary N) is 1. The third kappa shape index (κ3) is 3.95. The van der Waals surface area contributed by atoms with Crippen LogP contribution in [0.4, 0.5) is 0 Å². The Bertz CT molecular complexity index is 322. The lowest BCUT2D eigenvalue weighted by atomic mass is 10.1. The Morgan fingerprint density at radius 1 is 1.47 bits per heavy atom. The van der Waals surface area contributed by atoms with Gasteiger partial charge in [-0.15, -0.1) is 0 Å². The topological polar surface area (TPSA) is 49.3 Å². The van der Waals surface area contributed by atoms with Crippen molar-refractivity contribution in [3.8, 4) is 0 Å². The van der Waals surface area contributed by atoms with Crippen molar-refractivity contribution < 1.29 is 9.90 Å². The quantitative estimate of drug-likeness (QED) is 0.714. The van der Waals surface area contributed by atoms with Crippen LogP contribution < -0.4 is 5.32 Å². The number of hydrogen-bond acceptors (Lipinski definition) is 2. The summed E-state index contributed by atoms with van der Waals surface area (Å²) in [6, 6.07) is 9.37. The van der Waals surface area contributed by atoms with Crippen LogP contribution in [0.3, 0.4) is 0 Å². The molecule has 1 amide bonds. The summed E-state index contributed by atoms with van der Waals surface area (Å²) in [7, 11) is 0. The maximum absolute atomic E-state index is 10.8. The number of benzene rings is 1. The SMILES string of the molecule is C=CC(=O)NCC[C@H](O)c1ccccc1. The first-order valence-electron chi connectivity index (χ1n) is 4.87. The predicted molar refractivity (Wildman–Crippen MR) is 59.2 cm³/mol. The number of amides is 1. The summed E-state index contributed by atoms with van der Waals surface area (Å²) in [4.78, 5) is 10.8. The Balaban J connectivity index is 2.34. The average molecular weight is 205 g/mol. The molecule has 3 heteroatoms. The van der Waals surface area contributed by atoms with Crippen LogP contribution in [0, 0.1) is 0 Å². The summed E-state index contributed by atoms with van der Waals surface area (Å²) in [5.41, 5.74) is 0.866. The van der Waals surface area contributed by atoms with Gasteiger partial charge in [-0.3, -0.25) is 4.79 Å². The van der Waals surface area contributed by atoms with Crippen molar-refractivity contribution in [3.63, 3.8) is 0 Å². The van der Waals surface area contributed by atoms with E-state index < -0.39 is 6.10 Å². The number of carbonyl (C=O) groups excluding carboxylic acids is 1. The summed E-state index contributed by atoms with van der Waals surface area (Å²) < 4.78 is 0. The Labute approximate surface area is 89.4 Å². The molecular weight excluding hydrogens is 190 g/mol. The fraction of sp³-hybridized carbons (Fsp3) is 0.250. The van der Waals surface area contributed by atoms with Crippen molar-refractivity contribution in [2.75, 3.05) is 6.54 Å². The molecule has 0 aliphatic carbocycles. The van der Waals surface area contributed by atoms with Gasteiger partial charge in [-0.25, -0.2) is 0 Å². The third-order valence-corrected chi connectivity index (χ3v) is 2.09. The largest absolute Gasteiger partial charge is 0.388 e. The zero-order chi connectivity index (χ0) is 11.1. The second-order valence-corrected chi connectivity index (χ2v) is 3.21. The van der Waals surface area contributed by atoms with E-state index in [1.165, 1.54) is 6.08 Å². The lowest BCUT2D eigenvalue weighted by molar-refractivity contribution is -0.116. The molecule has 0 saturated heterocycles. The van der Waals surface area contributed by atoms with Crippen molar-refractivity contribution in [1.82, 2.24) is 5.32 Å². The van der Waals surface area contributed by atoms with Crippen LogP contribution in [0.25, 0.3) is 0 Å². The Hall–Kier alpha value is -1.61. The molecule has 0 radical (unpaired) electrons. The summed E-state index contributed by atoms with van der Waals surface area (Å²) in [5.74, 6) is -0.213. The normalized spacial score (nSPS) is 11.8. The molecule has 0 aliphatic heterocycles. The molecule has 0 unspecified atom stereocenters. The first kappa shape index (κ1) is 11.5. The van der Waals surface area contributed by atoms with E-state index in [1.807, 2.05) is 30.3 Å². The molecule has 0 fully saturated rings. The first-order valence-corrected chi connectivity index (χ1v) is 4.87. The van der Waals surface area contributed by atoms with Crippen LogP contribution in [-0.2, 0) is 4.79 Å². The van der Waals surface area contributed by atoms with Crippen molar-refractivity contribution in [2.45, 2.75) is 12.5 Å². The minimum atomic E-state index is -0.531. The van der Waals surface area contributed by atoms with Crippen LogP contribution in [0.2, 0.25) is 0 Å². The lowest BCUT2D eigenvalue weighted by Gasteiger charge is -2.10. The van der Waals surface area contributed by atoms with Crippen LogP contribution in [0.15, 0.2) is 43.0 Å². The highest BCUT2D eigenvalue weighted by Crippen LogP contribution is 2.14. The second kappa shape index (κ2) is 5.98. The monoisotopic (exact) mass is 205 g/mol. The minimum Gasteiger partial charge on any atom is -0.388 e. The Kier molecular flexibility index (Phi) is 4.57. The molecule has 0 bridgehead atoms. The predicted octanol–water partition coefficient (Wildman–Crippen LogP) is 1.41. The molecule has 3 nitrogen and oxygen atoms in total. The summed E-state index contributed by atoms with van der Waals surface area (Å²) in [6.45, 7) is 3.79. The molecular formula is C12H15NO2. The molecule has 80 valence electrons. The molecule has 0 heterocycles. The fourth-order valence-corrected chi connectivity index (χ4v) is 1.25. The maximum atomic E-state index is 10.8. The van der Waals surface area contributed by atoms with E-state index in [9.17, 15) is 9.90 Å². The maximum Gasteiger partial charge on any atom is 0.243 e. The van der Waals surface area contributed by atoms with Crippen molar-refractivity contribution >= 4 is 5.91 Å². The third-order valence-electron chi connectivity index (χ3n) is 2.09. The molecule has 1 atom stereocenters. The van der Waals surface area contributed by atoms with E-state index in [1.54, 1.807) is 0 Å². The highest BCUT2D eigenvalue weighted by Gasteiger charge is 2.06. The molecule has 0 aromatic heterocycles. The van der Waals surface area contributed by atoms with Gasteiger partial charge >= 0.3 is 0 Å². The first-order chi connectivity index (χ1) is 7.24. The zero-order valence-corrected chi connectivity index (χ0v) is 8.52. The van der Waals surface area contributed by atoms with Crippen LogP contribution in [-0.4, -0.2) is 17.6 Å². The van der Waals surface area contributed by atoms with Gasteiger partial charge in [0.1, 0.15) is 0 Å². The molecule has 1 aromatic carbocycles. The van der Waals surface area contributed by atoms with Crippen LogP contribution in [0.5, 0.6) is 0 Å². The van der Waals surface area contributed by atoms with Gasteiger partial charge in [0.25, 0.3) is 0 Å². The van der Waals surface area contributed by atoms with E-state index in [0.717, 1.165) is 5.56 Å². The lowest BCUT2D eigenvalue weighted by Crippen LogP contribution is -2.23. The van der Waals surface area contributed by atoms with Gasteiger partial charge in [0.2, 0.25) is 5.91 Å². The molecule has 0 saturated carbocycles. The van der Waals surface area contributed by atoms with Gasteiger partial charge in [0, 0.05) is 6.54 Å². The summed E-state index contributed by atoms with van der Waals surface area (Å²) in [6.07, 6.45) is 1.19. The number of aliphatic hydroxyl groups is 1. The molecule has 1 aromatic rings. The number of rotatable bonds is 5. The van der Waals surface area contributed by atoms with E-state index in [4.69, 9.17) is 0 Å². The molecule has 15 heavy (non-hydrogen) atoms. The summed E-state index contributed by atoms with van der Waals surface area (Å²) >= 11 is 0. The Morgan fingerprint density at radius 3 is 2.73 bits per heavy atom. The summed E-state index contributed by atoms with van der Waals surface area (Å²) in [5, 5.41) is 12.3. The van der Waals surface area contributed by atoms with E-state index in [0.29, 0.717) is 13.0 Å². The van der Waals surface area contributed by atoms with Crippen molar-refractivity contribution in [3.05, 3.63) is 48.6 Å². The molecule has 0 spiro atoms. The standard InChI is InChI=1S/C12H15NO2/c1-2-12(15)13-9-8-11(14)10-6-4-3-5-7-10/h2-7,11,14H,1,8-9H2,(H,13,15)/t11-/m0/s1. The van der Waals surface area contributed by atoms with Crippen LogP contribution >= 0.6 is 0 Å². The van der Waals surface area contributed by atoms with E-state index in [2.05, 4.69) is 11.9 Å². The molecule has 0 aliphatic rings. The van der Waals surface area contributed by atoms with Crippen LogP contribution in [0.1, 0.15) is 18.1 Å². The molecule has 1 rings (SSSR count). The second-order valence-electron chi connectivity index (χ2n) is 3.21. The van der Waals surface area contributed by atoms with Gasteiger partial charge in [-0.05, 0) is 18.1 Å². The zero-order valence-electron chi connectivity index (χ0n) is 8.52. The fourth-order valence-electron chi connectivity index (χ4n) is 1.25. The highest BCUT2D eigenvalue weighted by molar-refractivity contribution is 5.86. The van der Waals surface area contributed by atoms with Gasteiger partial charge < -0.3 is 10.4 Å². The van der Waals surface area contributed by atoms with Gasteiger partial charge in [-0.1, -0.05) is 36.9 Å². The number of aliphatic hydroxyl groups excluding tert-OH is 1. The highest BCUT2D eigenvalue weighted by atomic mass is 16.3. The van der Waals surface area contributed by atoms with E-state index >= 15 is 0 Å². The van der Waals surface area contributed by atoms with Gasteiger partial charge in [0.05, 0.1) is 6.10 Å². The average Bonchev–Trinajstić information content (AvgIpc) is 2.29. The smallest absolute Gasteiger partial charge is 0.243 e. The molecule has 2 N–H and O–H groups in total. The van der Waals surface area contributed by atoms with Crippen molar-refractivity contribution in [1.29, 1.82) is 0 Å². The number of carbonyl (C=O) groups is 1. The van der Waals surface area contributed by atoms with E-state index in [-0.39, 0.29) is 5.91 Å². The van der Waals surface area contributed by atoms with Crippen molar-refractivity contribution in [2.24, 2.45) is 0 Å².